The Morgan fingerprint density at radius 2 is 2.31 bits per heavy atom. The van der Waals surface area contributed by atoms with E-state index in [0.29, 0.717) is 17.5 Å². The Hall–Kier alpha value is -1.76. The third kappa shape index (κ3) is 1.69. The smallest absolute Gasteiger partial charge is 0.280 e. The van der Waals surface area contributed by atoms with E-state index in [1.54, 1.807) is 7.05 Å². The van der Waals surface area contributed by atoms with Crippen LogP contribution in [0.5, 0.6) is 0 Å². The summed E-state index contributed by atoms with van der Waals surface area (Å²) in [5, 5.41) is 21.5. The maximum Gasteiger partial charge on any atom is 0.280 e. The van der Waals surface area contributed by atoms with Crippen molar-refractivity contribution in [3.8, 4) is 0 Å². The molecule has 2 rings (SSSR count). The molecule has 0 aromatic carbocycles. The average Bonchev–Trinajstić information content (AvgIpc) is 2.65. The first-order valence-electron chi connectivity index (χ1n) is 5.07. The van der Waals surface area contributed by atoms with Crippen LogP contribution in [0.4, 0.5) is 0 Å². The molecule has 1 N–H and O–H groups in total. The number of aromatic nitrogens is 5. The van der Waals surface area contributed by atoms with Crippen molar-refractivity contribution in [3.05, 3.63) is 16.6 Å². The highest BCUT2D eigenvalue weighted by molar-refractivity contribution is 5.72. The van der Waals surface area contributed by atoms with Gasteiger partial charge in [-0.05, 0) is 6.42 Å². The molecule has 1 unspecified atom stereocenters. The quantitative estimate of drug-likeness (QED) is 0.743. The second kappa shape index (κ2) is 4.01. The highest BCUT2D eigenvalue weighted by atomic mass is 16.3. The summed E-state index contributed by atoms with van der Waals surface area (Å²) in [7, 11) is 1.70. The molecule has 0 bridgehead atoms. The van der Waals surface area contributed by atoms with Gasteiger partial charge in [0, 0.05) is 7.05 Å². The normalized spacial score (nSPS) is 13.2. The second-order valence-electron chi connectivity index (χ2n) is 3.64. The zero-order valence-electron chi connectivity index (χ0n) is 9.16. The molecule has 2 aromatic rings. The number of aliphatic hydroxyl groups is 1. The van der Waals surface area contributed by atoms with Crippen molar-refractivity contribution in [2.75, 3.05) is 0 Å². The molecule has 0 aliphatic heterocycles. The lowest BCUT2D eigenvalue weighted by Gasteiger charge is -2.07. The number of fused-ring (bicyclic) bond motifs is 1. The van der Waals surface area contributed by atoms with Crippen LogP contribution in [0, 0.1) is 0 Å². The van der Waals surface area contributed by atoms with E-state index in [4.69, 9.17) is 0 Å². The molecule has 1 atom stereocenters. The van der Waals surface area contributed by atoms with Gasteiger partial charge in [0.1, 0.15) is 5.39 Å². The van der Waals surface area contributed by atoms with Gasteiger partial charge in [-0.1, -0.05) is 12.1 Å². The number of nitrogens with zero attached hydrogens (tertiary/aromatic N) is 5. The molecule has 0 amide bonds. The van der Waals surface area contributed by atoms with Gasteiger partial charge < -0.3 is 5.11 Å². The van der Waals surface area contributed by atoms with Crippen LogP contribution >= 0.6 is 0 Å². The van der Waals surface area contributed by atoms with Gasteiger partial charge in [0.2, 0.25) is 0 Å². The fraction of sp³-hybridized carbons (Fsp3) is 0.556. The summed E-state index contributed by atoms with van der Waals surface area (Å²) in [5.41, 5.74) is 0.179. The van der Waals surface area contributed by atoms with Gasteiger partial charge in [-0.15, -0.1) is 5.10 Å². The topological polar surface area (TPSA) is 85.8 Å². The van der Waals surface area contributed by atoms with Crippen LogP contribution < -0.4 is 5.56 Å². The largest absolute Gasteiger partial charge is 0.391 e. The molecule has 2 heterocycles. The van der Waals surface area contributed by atoms with Crippen LogP contribution in [0.25, 0.3) is 11.0 Å². The Morgan fingerprint density at radius 3 is 3.00 bits per heavy atom. The fourth-order valence-corrected chi connectivity index (χ4v) is 1.42. The van der Waals surface area contributed by atoms with E-state index < -0.39 is 6.10 Å². The maximum absolute atomic E-state index is 11.9. The maximum atomic E-state index is 11.9. The van der Waals surface area contributed by atoms with Crippen molar-refractivity contribution < 1.29 is 5.11 Å². The van der Waals surface area contributed by atoms with Gasteiger partial charge in [-0.25, -0.2) is 9.36 Å². The summed E-state index contributed by atoms with van der Waals surface area (Å²) in [4.78, 5) is 11.9. The van der Waals surface area contributed by atoms with Crippen LogP contribution in [0.1, 0.15) is 13.3 Å². The molecule has 0 saturated heterocycles. The first-order chi connectivity index (χ1) is 7.63. The lowest BCUT2D eigenvalue weighted by molar-refractivity contribution is 0.142. The number of rotatable bonds is 3. The van der Waals surface area contributed by atoms with Gasteiger partial charge in [-0.2, -0.15) is 5.10 Å². The Morgan fingerprint density at radius 1 is 1.56 bits per heavy atom. The predicted octanol–water partition coefficient (Wildman–Crippen LogP) is -0.704. The van der Waals surface area contributed by atoms with E-state index in [1.807, 2.05) is 6.92 Å². The standard InChI is InChI=1S/C9H13N5O2/c1-3-6(15)5-14-9(16)7-4-10-13(2)8(7)11-12-14/h4,6,15H,3,5H2,1-2H3. The Balaban J connectivity index is 2.49. The molecule has 0 radical (unpaired) electrons. The van der Waals surface area contributed by atoms with Crippen molar-refractivity contribution in [2.45, 2.75) is 26.0 Å². The lowest BCUT2D eigenvalue weighted by Crippen LogP contribution is -2.29. The summed E-state index contributed by atoms with van der Waals surface area (Å²) >= 11 is 0. The van der Waals surface area contributed by atoms with Crippen LogP contribution in [-0.2, 0) is 13.6 Å². The minimum Gasteiger partial charge on any atom is -0.391 e. The monoisotopic (exact) mass is 223 g/mol. The van der Waals surface area contributed by atoms with Crippen LogP contribution in [0.3, 0.4) is 0 Å². The molecule has 0 aliphatic rings. The summed E-state index contributed by atoms with van der Waals surface area (Å²) in [6.07, 6.45) is 1.45. The SMILES string of the molecule is CCC(O)Cn1nnc2c(cnn2C)c1=O. The molecule has 0 fully saturated rings. The Labute approximate surface area is 91.3 Å². The first kappa shape index (κ1) is 10.7. The zero-order valence-corrected chi connectivity index (χ0v) is 9.16. The Kier molecular flexibility index (Phi) is 2.69. The van der Waals surface area contributed by atoms with Gasteiger partial charge >= 0.3 is 0 Å². The molecule has 7 heteroatoms. The Bertz CT molecular complexity index is 559. The van der Waals surface area contributed by atoms with Crippen LogP contribution in [0.2, 0.25) is 0 Å². The number of aliphatic hydroxyl groups excluding tert-OH is 1. The van der Waals surface area contributed by atoms with E-state index in [2.05, 4.69) is 15.4 Å². The molecular formula is C9H13N5O2. The highest BCUT2D eigenvalue weighted by Gasteiger charge is 2.11. The van der Waals surface area contributed by atoms with Crippen molar-refractivity contribution in [1.29, 1.82) is 0 Å². The molecule has 0 spiro atoms. The average molecular weight is 223 g/mol. The summed E-state index contributed by atoms with van der Waals surface area (Å²) in [5.74, 6) is 0. The van der Waals surface area contributed by atoms with Crippen molar-refractivity contribution in [1.82, 2.24) is 24.8 Å². The molecule has 86 valence electrons. The predicted molar refractivity (Wildman–Crippen MR) is 56.9 cm³/mol. The van der Waals surface area contributed by atoms with Crippen molar-refractivity contribution in [3.63, 3.8) is 0 Å². The van der Waals surface area contributed by atoms with E-state index in [-0.39, 0.29) is 12.1 Å². The minimum absolute atomic E-state index is 0.160. The van der Waals surface area contributed by atoms with Crippen molar-refractivity contribution in [2.24, 2.45) is 7.05 Å². The number of hydrogen-bond donors (Lipinski definition) is 1. The van der Waals surface area contributed by atoms with Crippen molar-refractivity contribution >= 4 is 11.0 Å². The third-order valence-electron chi connectivity index (χ3n) is 2.47. The van der Waals surface area contributed by atoms with Gasteiger partial charge in [0.25, 0.3) is 5.56 Å². The molecular weight excluding hydrogens is 210 g/mol. The minimum atomic E-state index is -0.582. The molecule has 0 saturated carbocycles. The third-order valence-corrected chi connectivity index (χ3v) is 2.47. The number of aryl methyl sites for hydroxylation is 1. The molecule has 16 heavy (non-hydrogen) atoms. The van der Waals surface area contributed by atoms with E-state index in [9.17, 15) is 9.90 Å². The van der Waals surface area contributed by atoms with E-state index in [1.165, 1.54) is 10.9 Å². The lowest BCUT2D eigenvalue weighted by atomic mass is 10.3. The fourth-order valence-electron chi connectivity index (χ4n) is 1.42. The van der Waals surface area contributed by atoms with E-state index >= 15 is 0 Å². The van der Waals surface area contributed by atoms with Crippen LogP contribution in [0.15, 0.2) is 11.0 Å². The zero-order chi connectivity index (χ0) is 11.7. The highest BCUT2D eigenvalue weighted by Crippen LogP contribution is 2.02. The summed E-state index contributed by atoms with van der Waals surface area (Å²) < 4.78 is 2.66. The van der Waals surface area contributed by atoms with Gasteiger partial charge in [0.05, 0.1) is 18.8 Å². The summed E-state index contributed by atoms with van der Waals surface area (Å²) in [6.45, 7) is 2.00. The van der Waals surface area contributed by atoms with Gasteiger partial charge in [0.15, 0.2) is 5.65 Å². The molecule has 7 nitrogen and oxygen atoms in total. The molecule has 0 aliphatic carbocycles. The molecule has 2 aromatic heterocycles. The second-order valence-corrected chi connectivity index (χ2v) is 3.64. The summed E-state index contributed by atoms with van der Waals surface area (Å²) in [6, 6.07) is 0. The first-order valence-corrected chi connectivity index (χ1v) is 5.07. The van der Waals surface area contributed by atoms with E-state index in [0.717, 1.165) is 4.68 Å². The van der Waals surface area contributed by atoms with Gasteiger partial charge in [-0.3, -0.25) is 4.79 Å². The number of hydrogen-bond acceptors (Lipinski definition) is 5. The van der Waals surface area contributed by atoms with Crippen LogP contribution in [-0.4, -0.2) is 36.0 Å².